The van der Waals surface area contributed by atoms with Crippen molar-refractivity contribution in [2.24, 2.45) is 21.9 Å². The van der Waals surface area contributed by atoms with Crippen LogP contribution in [0.5, 0.6) is 0 Å². The largest absolute Gasteiger partial charge is 0.365 e. The Hall–Kier alpha value is -1.64. The molecule has 1 aromatic rings. The van der Waals surface area contributed by atoms with Crippen molar-refractivity contribution in [1.82, 2.24) is 0 Å². The van der Waals surface area contributed by atoms with E-state index in [9.17, 15) is 4.79 Å². The second-order valence-corrected chi connectivity index (χ2v) is 6.78. The van der Waals surface area contributed by atoms with Crippen molar-refractivity contribution in [3.63, 3.8) is 0 Å². The molecule has 0 saturated heterocycles. The van der Waals surface area contributed by atoms with Gasteiger partial charge in [0.15, 0.2) is 0 Å². The first-order valence-corrected chi connectivity index (χ1v) is 7.29. The third-order valence-electron chi connectivity index (χ3n) is 5.76. The highest BCUT2D eigenvalue weighted by atomic mass is 16.7. The first kappa shape index (κ1) is 13.3. The zero-order valence-corrected chi connectivity index (χ0v) is 12.3. The fraction of sp³-hybridized carbons (Fsp3) is 0.529. The van der Waals surface area contributed by atoms with Crippen molar-refractivity contribution in [2.75, 3.05) is 0 Å². The van der Waals surface area contributed by atoms with E-state index in [0.717, 1.165) is 18.6 Å². The standard InChI is InChI=1S/C17H21NO2/c1-16(2)13-9-10-17(16,3)14(11-13)18-20-15(19)12-7-5-4-6-8-12/h4-8,13H,9-11H2,1-3H3/b18-14-/t13-,17-/m0/s1. The smallest absolute Gasteiger partial charge is 0.313 e. The van der Waals surface area contributed by atoms with Crippen LogP contribution in [0.1, 0.15) is 50.4 Å². The number of oxime groups is 1. The van der Waals surface area contributed by atoms with Gasteiger partial charge in [-0.25, -0.2) is 4.79 Å². The van der Waals surface area contributed by atoms with E-state index in [1.165, 1.54) is 6.42 Å². The van der Waals surface area contributed by atoms with E-state index in [2.05, 4.69) is 25.9 Å². The van der Waals surface area contributed by atoms with Crippen molar-refractivity contribution >= 4 is 11.7 Å². The molecule has 2 aliphatic carbocycles. The number of benzene rings is 1. The Morgan fingerprint density at radius 1 is 1.25 bits per heavy atom. The lowest BCUT2D eigenvalue weighted by Gasteiger charge is -2.34. The molecule has 0 spiro atoms. The molecule has 20 heavy (non-hydrogen) atoms. The summed E-state index contributed by atoms with van der Waals surface area (Å²) in [5.41, 5.74) is 1.94. The summed E-state index contributed by atoms with van der Waals surface area (Å²) in [4.78, 5) is 17.1. The molecule has 0 heterocycles. The Balaban J connectivity index is 1.77. The highest BCUT2D eigenvalue weighted by Gasteiger charge is 2.60. The maximum atomic E-state index is 11.9. The van der Waals surface area contributed by atoms with Crippen molar-refractivity contribution in [3.05, 3.63) is 35.9 Å². The van der Waals surface area contributed by atoms with E-state index >= 15 is 0 Å². The van der Waals surface area contributed by atoms with Crippen LogP contribution in [0.2, 0.25) is 0 Å². The average molecular weight is 271 g/mol. The van der Waals surface area contributed by atoms with Gasteiger partial charge in [-0.3, -0.25) is 0 Å². The molecule has 0 unspecified atom stereocenters. The molecule has 0 radical (unpaired) electrons. The first-order chi connectivity index (χ1) is 9.45. The number of hydrogen-bond donors (Lipinski definition) is 0. The van der Waals surface area contributed by atoms with Crippen molar-refractivity contribution in [1.29, 1.82) is 0 Å². The minimum absolute atomic E-state index is 0.0780. The zero-order valence-electron chi connectivity index (χ0n) is 12.3. The van der Waals surface area contributed by atoms with Gasteiger partial charge in [0.05, 0.1) is 11.3 Å². The highest BCUT2D eigenvalue weighted by molar-refractivity contribution is 5.95. The maximum Gasteiger partial charge on any atom is 0.365 e. The van der Waals surface area contributed by atoms with Gasteiger partial charge >= 0.3 is 5.97 Å². The molecule has 0 N–H and O–H groups in total. The predicted molar refractivity (Wildman–Crippen MR) is 78.5 cm³/mol. The molecule has 3 rings (SSSR count). The van der Waals surface area contributed by atoms with Crippen LogP contribution >= 0.6 is 0 Å². The fourth-order valence-electron chi connectivity index (χ4n) is 3.79. The van der Waals surface area contributed by atoms with Crippen LogP contribution in [-0.2, 0) is 4.84 Å². The minimum atomic E-state index is -0.373. The molecule has 1 aromatic carbocycles. The molecule has 3 heteroatoms. The molecule has 2 aliphatic rings. The fourth-order valence-corrected chi connectivity index (χ4v) is 3.79. The molecule has 2 atom stereocenters. The lowest BCUT2D eigenvalue weighted by Crippen LogP contribution is -2.32. The summed E-state index contributed by atoms with van der Waals surface area (Å²) in [5.74, 6) is 0.295. The van der Waals surface area contributed by atoms with Gasteiger partial charge in [-0.05, 0) is 42.7 Å². The lowest BCUT2D eigenvalue weighted by atomic mass is 9.70. The summed E-state index contributed by atoms with van der Waals surface area (Å²) < 4.78 is 0. The van der Waals surface area contributed by atoms with Crippen molar-refractivity contribution < 1.29 is 9.63 Å². The lowest BCUT2D eigenvalue weighted by molar-refractivity contribution is 0.0508. The van der Waals surface area contributed by atoms with E-state index in [1.807, 2.05) is 18.2 Å². The van der Waals surface area contributed by atoms with E-state index in [-0.39, 0.29) is 16.8 Å². The quantitative estimate of drug-likeness (QED) is 0.601. The van der Waals surface area contributed by atoms with Gasteiger partial charge in [0.2, 0.25) is 0 Å². The number of nitrogens with zero attached hydrogens (tertiary/aromatic N) is 1. The molecule has 0 amide bonds. The molecular weight excluding hydrogens is 250 g/mol. The Labute approximate surface area is 120 Å². The molecule has 2 saturated carbocycles. The minimum Gasteiger partial charge on any atom is -0.313 e. The average Bonchev–Trinajstić information content (AvgIpc) is 2.78. The van der Waals surface area contributed by atoms with Gasteiger partial charge in [-0.15, -0.1) is 0 Å². The summed E-state index contributed by atoms with van der Waals surface area (Å²) in [7, 11) is 0. The van der Waals surface area contributed by atoms with Crippen LogP contribution in [0.15, 0.2) is 35.5 Å². The van der Waals surface area contributed by atoms with Crippen LogP contribution in [0, 0.1) is 16.7 Å². The van der Waals surface area contributed by atoms with Gasteiger partial charge in [0, 0.05) is 5.41 Å². The Morgan fingerprint density at radius 3 is 2.50 bits per heavy atom. The molecule has 106 valence electrons. The van der Waals surface area contributed by atoms with Gasteiger partial charge < -0.3 is 4.84 Å². The van der Waals surface area contributed by atoms with Crippen LogP contribution in [0.4, 0.5) is 0 Å². The van der Waals surface area contributed by atoms with E-state index < -0.39 is 0 Å². The number of carbonyl (C=O) groups excluding carboxylic acids is 1. The van der Waals surface area contributed by atoms with Gasteiger partial charge in [-0.1, -0.05) is 44.1 Å². The van der Waals surface area contributed by atoms with Crippen LogP contribution < -0.4 is 0 Å². The van der Waals surface area contributed by atoms with Crippen molar-refractivity contribution in [2.45, 2.75) is 40.0 Å². The third-order valence-corrected chi connectivity index (χ3v) is 5.76. The van der Waals surface area contributed by atoms with E-state index in [0.29, 0.717) is 11.5 Å². The summed E-state index contributed by atoms with van der Waals surface area (Å²) in [6, 6.07) is 9.02. The first-order valence-electron chi connectivity index (χ1n) is 7.29. The summed E-state index contributed by atoms with van der Waals surface area (Å²) in [6.45, 7) is 6.88. The molecule has 0 aliphatic heterocycles. The zero-order chi connectivity index (χ0) is 14.4. The number of carbonyl (C=O) groups is 1. The van der Waals surface area contributed by atoms with E-state index in [4.69, 9.17) is 4.84 Å². The Morgan fingerprint density at radius 2 is 1.95 bits per heavy atom. The SMILES string of the molecule is CC1(C)[C@H]2CC[C@@]1(C)/C(=N\OC(=O)c1ccccc1)C2. The number of rotatable bonds is 2. The molecular formula is C17H21NO2. The van der Waals surface area contributed by atoms with Gasteiger partial charge in [-0.2, -0.15) is 0 Å². The summed E-state index contributed by atoms with van der Waals surface area (Å²) in [5, 5.41) is 4.22. The molecule has 2 fully saturated rings. The Kier molecular flexibility index (Phi) is 2.96. The molecule has 2 bridgehead atoms. The van der Waals surface area contributed by atoms with Gasteiger partial charge in [0.25, 0.3) is 0 Å². The monoisotopic (exact) mass is 271 g/mol. The van der Waals surface area contributed by atoms with Gasteiger partial charge in [0.1, 0.15) is 0 Å². The Bertz CT molecular complexity index is 562. The normalized spacial score (nSPS) is 32.5. The molecule has 3 nitrogen and oxygen atoms in total. The second kappa shape index (κ2) is 4.44. The van der Waals surface area contributed by atoms with Crippen LogP contribution in [0.25, 0.3) is 0 Å². The highest BCUT2D eigenvalue weighted by Crippen LogP contribution is 2.63. The summed E-state index contributed by atoms with van der Waals surface area (Å²) in [6.07, 6.45) is 3.37. The van der Waals surface area contributed by atoms with E-state index in [1.54, 1.807) is 12.1 Å². The maximum absolute atomic E-state index is 11.9. The third kappa shape index (κ3) is 1.80. The van der Waals surface area contributed by atoms with Crippen LogP contribution in [0.3, 0.4) is 0 Å². The predicted octanol–water partition coefficient (Wildman–Crippen LogP) is 4.05. The topological polar surface area (TPSA) is 38.7 Å². The number of fused-ring (bicyclic) bond motifs is 2. The summed E-state index contributed by atoms with van der Waals surface area (Å²) >= 11 is 0. The molecule has 0 aromatic heterocycles. The second-order valence-electron chi connectivity index (χ2n) is 6.78. The van der Waals surface area contributed by atoms with Crippen LogP contribution in [-0.4, -0.2) is 11.7 Å². The van der Waals surface area contributed by atoms with Crippen molar-refractivity contribution in [3.8, 4) is 0 Å². The number of hydrogen-bond acceptors (Lipinski definition) is 3.